The van der Waals surface area contributed by atoms with E-state index >= 15 is 0 Å². The Labute approximate surface area is 85.5 Å². The molecule has 0 unspecified atom stereocenters. The van der Waals surface area contributed by atoms with Crippen molar-refractivity contribution in [1.29, 1.82) is 0 Å². The highest BCUT2D eigenvalue weighted by Crippen LogP contribution is 2.01. The third-order valence-corrected chi connectivity index (χ3v) is 1.56. The summed E-state index contributed by atoms with van der Waals surface area (Å²) in [6.45, 7) is 0. The number of alkyl halides is 1. The van der Waals surface area contributed by atoms with Gasteiger partial charge in [-0.3, -0.25) is 15.1 Å². The Balaban J connectivity index is 2.46. The fourth-order valence-electron chi connectivity index (χ4n) is 0.758. The molecule has 5 nitrogen and oxygen atoms in total. The Bertz CT molecular complexity index is 329. The van der Waals surface area contributed by atoms with E-state index in [9.17, 15) is 9.59 Å². The molecule has 2 N–H and O–H groups in total. The van der Waals surface area contributed by atoms with Gasteiger partial charge >= 0.3 is 6.03 Å². The Morgan fingerprint density at radius 2 is 2.00 bits per heavy atom. The molecular weight excluding hydrogens is 206 g/mol. The molecule has 3 amide bonds. The van der Waals surface area contributed by atoms with E-state index in [2.05, 4.69) is 10.3 Å². The van der Waals surface area contributed by atoms with Gasteiger partial charge in [-0.05, 0) is 12.1 Å². The monoisotopic (exact) mass is 213 g/mol. The largest absolute Gasteiger partial charge is 0.325 e. The third kappa shape index (κ3) is 3.40. The fourth-order valence-corrected chi connectivity index (χ4v) is 0.824. The number of nitrogens with zero attached hydrogens (tertiary/aromatic N) is 1. The van der Waals surface area contributed by atoms with Crippen molar-refractivity contribution >= 4 is 29.2 Å². The number of urea groups is 1. The first kappa shape index (κ1) is 10.5. The number of pyridine rings is 1. The van der Waals surface area contributed by atoms with E-state index in [1.165, 1.54) is 12.4 Å². The van der Waals surface area contributed by atoms with Gasteiger partial charge in [-0.1, -0.05) is 0 Å². The number of anilines is 1. The van der Waals surface area contributed by atoms with Crippen molar-refractivity contribution in [2.75, 3.05) is 11.2 Å². The molecule has 6 heteroatoms. The maximum Gasteiger partial charge on any atom is 0.325 e. The lowest BCUT2D eigenvalue weighted by atomic mass is 10.4. The van der Waals surface area contributed by atoms with E-state index in [1.807, 2.05) is 5.32 Å². The van der Waals surface area contributed by atoms with Crippen molar-refractivity contribution in [1.82, 2.24) is 10.3 Å². The summed E-state index contributed by atoms with van der Waals surface area (Å²) < 4.78 is 0. The molecule has 0 aliphatic rings. The second-order valence-electron chi connectivity index (χ2n) is 2.37. The molecule has 0 radical (unpaired) electrons. The lowest BCUT2D eigenvalue weighted by Gasteiger charge is -2.04. The molecule has 1 rings (SSSR count). The van der Waals surface area contributed by atoms with Gasteiger partial charge in [0.05, 0.1) is 0 Å². The summed E-state index contributed by atoms with van der Waals surface area (Å²) in [5.41, 5.74) is 0.555. The quantitative estimate of drug-likeness (QED) is 0.719. The SMILES string of the molecule is O=C(CCl)NC(=O)Nc1ccncc1. The first-order chi connectivity index (χ1) is 6.72. The number of nitrogens with one attached hydrogen (secondary N) is 2. The molecule has 0 aliphatic carbocycles. The molecule has 0 atom stereocenters. The van der Waals surface area contributed by atoms with Crippen molar-refractivity contribution in [2.45, 2.75) is 0 Å². The molecular formula is C8H8ClN3O2. The summed E-state index contributed by atoms with van der Waals surface area (Å²) in [5, 5.41) is 4.47. The van der Waals surface area contributed by atoms with Crippen LogP contribution >= 0.6 is 11.6 Å². The van der Waals surface area contributed by atoms with Crippen LogP contribution in [0.3, 0.4) is 0 Å². The van der Waals surface area contributed by atoms with Gasteiger partial charge in [0.15, 0.2) is 0 Å². The summed E-state index contributed by atoms with van der Waals surface area (Å²) in [4.78, 5) is 25.5. The van der Waals surface area contributed by atoms with Crippen LogP contribution in [-0.4, -0.2) is 22.8 Å². The van der Waals surface area contributed by atoms with Gasteiger partial charge in [0.2, 0.25) is 5.91 Å². The van der Waals surface area contributed by atoms with E-state index < -0.39 is 11.9 Å². The van der Waals surface area contributed by atoms with Crippen LogP contribution in [0.25, 0.3) is 0 Å². The van der Waals surface area contributed by atoms with Crippen LogP contribution in [-0.2, 0) is 4.79 Å². The van der Waals surface area contributed by atoms with Crippen LogP contribution in [0.4, 0.5) is 10.5 Å². The predicted octanol–water partition coefficient (Wildman–Crippen LogP) is 0.968. The highest BCUT2D eigenvalue weighted by atomic mass is 35.5. The van der Waals surface area contributed by atoms with Crippen LogP contribution in [0.15, 0.2) is 24.5 Å². The number of imide groups is 1. The van der Waals surface area contributed by atoms with Gasteiger partial charge in [0.1, 0.15) is 5.88 Å². The van der Waals surface area contributed by atoms with E-state index in [0.29, 0.717) is 5.69 Å². The average molecular weight is 214 g/mol. The van der Waals surface area contributed by atoms with Crippen molar-refractivity contribution in [3.05, 3.63) is 24.5 Å². The van der Waals surface area contributed by atoms with Crippen LogP contribution in [0, 0.1) is 0 Å². The van der Waals surface area contributed by atoms with Crippen LogP contribution in [0.1, 0.15) is 0 Å². The van der Waals surface area contributed by atoms with E-state index in [0.717, 1.165) is 0 Å². The minimum Gasteiger partial charge on any atom is -0.308 e. The summed E-state index contributed by atoms with van der Waals surface area (Å²) in [5.74, 6) is -0.790. The zero-order valence-electron chi connectivity index (χ0n) is 7.16. The van der Waals surface area contributed by atoms with Gasteiger partial charge in [-0.2, -0.15) is 0 Å². The van der Waals surface area contributed by atoms with Crippen LogP contribution in [0.5, 0.6) is 0 Å². The lowest BCUT2D eigenvalue weighted by molar-refractivity contribution is -0.117. The number of hydrogen-bond donors (Lipinski definition) is 2. The topological polar surface area (TPSA) is 71.1 Å². The molecule has 14 heavy (non-hydrogen) atoms. The van der Waals surface area contributed by atoms with Crippen molar-refractivity contribution in [2.24, 2.45) is 0 Å². The minimum atomic E-state index is -0.609. The molecule has 0 saturated carbocycles. The number of aromatic nitrogens is 1. The first-order valence-corrected chi connectivity index (χ1v) is 4.32. The first-order valence-electron chi connectivity index (χ1n) is 3.79. The van der Waals surface area contributed by atoms with E-state index in [1.54, 1.807) is 12.1 Å². The molecule has 1 heterocycles. The van der Waals surface area contributed by atoms with E-state index in [-0.39, 0.29) is 5.88 Å². The molecule has 0 bridgehead atoms. The Kier molecular flexibility index (Phi) is 3.87. The molecule has 1 aromatic rings. The number of amides is 3. The lowest BCUT2D eigenvalue weighted by Crippen LogP contribution is -2.35. The Morgan fingerprint density at radius 1 is 1.36 bits per heavy atom. The highest BCUT2D eigenvalue weighted by molar-refractivity contribution is 6.28. The van der Waals surface area contributed by atoms with Crippen LogP contribution < -0.4 is 10.6 Å². The van der Waals surface area contributed by atoms with Gasteiger partial charge in [0.25, 0.3) is 0 Å². The summed E-state index contributed by atoms with van der Waals surface area (Å²) in [6.07, 6.45) is 3.05. The number of carbonyl (C=O) groups excluding carboxylic acids is 2. The van der Waals surface area contributed by atoms with Crippen LogP contribution in [0.2, 0.25) is 0 Å². The Morgan fingerprint density at radius 3 is 2.57 bits per heavy atom. The van der Waals surface area contributed by atoms with Gasteiger partial charge in [-0.25, -0.2) is 4.79 Å². The fraction of sp³-hybridized carbons (Fsp3) is 0.125. The number of rotatable bonds is 2. The normalized spacial score (nSPS) is 9.21. The zero-order valence-corrected chi connectivity index (χ0v) is 7.91. The maximum absolute atomic E-state index is 11.1. The van der Waals surface area contributed by atoms with Crippen molar-refractivity contribution in [3.8, 4) is 0 Å². The highest BCUT2D eigenvalue weighted by Gasteiger charge is 2.05. The smallest absolute Gasteiger partial charge is 0.308 e. The van der Waals surface area contributed by atoms with Gasteiger partial charge in [-0.15, -0.1) is 11.6 Å². The second kappa shape index (κ2) is 5.18. The molecule has 0 spiro atoms. The molecule has 74 valence electrons. The maximum atomic E-state index is 11.1. The van der Waals surface area contributed by atoms with Gasteiger partial charge in [0, 0.05) is 18.1 Å². The van der Waals surface area contributed by atoms with Crippen molar-refractivity contribution in [3.63, 3.8) is 0 Å². The second-order valence-corrected chi connectivity index (χ2v) is 2.64. The summed E-state index contributed by atoms with van der Waals surface area (Å²) in [7, 11) is 0. The Hall–Kier alpha value is -1.62. The summed E-state index contributed by atoms with van der Waals surface area (Å²) in [6, 6.07) is 2.59. The zero-order chi connectivity index (χ0) is 10.4. The standard InChI is InChI=1S/C8H8ClN3O2/c9-5-7(13)12-8(14)11-6-1-3-10-4-2-6/h1-4H,5H2,(H2,10,11,12,13,14). The summed E-state index contributed by atoms with van der Waals surface area (Å²) >= 11 is 5.20. The molecule has 0 fully saturated rings. The predicted molar refractivity (Wildman–Crippen MR) is 52.1 cm³/mol. The molecule has 0 aliphatic heterocycles. The molecule has 1 aromatic heterocycles. The number of hydrogen-bond acceptors (Lipinski definition) is 3. The average Bonchev–Trinajstić information content (AvgIpc) is 2.19. The van der Waals surface area contributed by atoms with Gasteiger partial charge < -0.3 is 5.32 Å². The molecule has 0 aromatic carbocycles. The number of halogens is 1. The minimum absolute atomic E-state index is 0.246. The third-order valence-electron chi connectivity index (χ3n) is 1.31. The van der Waals surface area contributed by atoms with E-state index in [4.69, 9.17) is 11.6 Å². The molecule has 0 saturated heterocycles. The van der Waals surface area contributed by atoms with Crippen molar-refractivity contribution < 1.29 is 9.59 Å². The number of carbonyl (C=O) groups is 2.